The first kappa shape index (κ1) is 16.7. The number of carbonyl (C=O) groups excluding carboxylic acids is 1. The van der Waals surface area contributed by atoms with Crippen LogP contribution in [0.15, 0.2) is 0 Å². The van der Waals surface area contributed by atoms with Gasteiger partial charge in [-0.25, -0.2) is 12.7 Å². The molecule has 0 aliphatic carbocycles. The van der Waals surface area contributed by atoms with Crippen LogP contribution in [0.25, 0.3) is 0 Å². The van der Waals surface area contributed by atoms with Crippen molar-refractivity contribution in [3.63, 3.8) is 0 Å². The number of nitrogens with one attached hydrogen (secondary N) is 1. The van der Waals surface area contributed by atoms with Gasteiger partial charge in [0.2, 0.25) is 10.0 Å². The number of amides is 1. The maximum Gasteiger partial charge on any atom is 0.255 e. The van der Waals surface area contributed by atoms with Crippen LogP contribution in [0.5, 0.6) is 0 Å². The molecule has 0 aliphatic rings. The van der Waals surface area contributed by atoms with Gasteiger partial charge in [-0.3, -0.25) is 4.79 Å². The van der Waals surface area contributed by atoms with E-state index in [-0.39, 0.29) is 11.4 Å². The Bertz CT molecular complexity index is 569. The molecule has 0 saturated carbocycles. The molecule has 0 unspecified atom stereocenters. The summed E-state index contributed by atoms with van der Waals surface area (Å²) in [6.45, 7) is 3.11. The fourth-order valence-corrected chi connectivity index (χ4v) is 3.35. The van der Waals surface area contributed by atoms with Crippen molar-refractivity contribution in [3.8, 4) is 0 Å². The predicted molar refractivity (Wildman–Crippen MR) is 80.2 cm³/mol. The van der Waals surface area contributed by atoms with E-state index in [1.54, 1.807) is 6.92 Å². The average molecular weight is 321 g/mol. The van der Waals surface area contributed by atoms with Gasteiger partial charge in [0.05, 0.1) is 6.26 Å². The summed E-state index contributed by atoms with van der Waals surface area (Å²) in [7, 11) is -3.18. The van der Waals surface area contributed by atoms with Crippen molar-refractivity contribution in [2.45, 2.75) is 13.3 Å². The van der Waals surface area contributed by atoms with Crippen molar-refractivity contribution in [2.75, 3.05) is 36.9 Å². The quantitative estimate of drug-likeness (QED) is 0.573. The minimum atomic E-state index is -3.18. The lowest BCUT2D eigenvalue weighted by molar-refractivity contribution is 0.100. The third kappa shape index (κ3) is 4.32. The van der Waals surface area contributed by atoms with Crippen molar-refractivity contribution < 1.29 is 13.2 Å². The first-order valence-corrected chi connectivity index (χ1v) is 8.63. The number of sulfonamides is 1. The molecule has 0 bridgehead atoms. The summed E-state index contributed by atoms with van der Waals surface area (Å²) >= 11 is 1.06. The molecule has 10 heteroatoms. The van der Waals surface area contributed by atoms with Crippen LogP contribution < -0.4 is 16.8 Å². The normalized spacial score (nSPS) is 11.8. The van der Waals surface area contributed by atoms with Crippen LogP contribution in [0.1, 0.15) is 23.7 Å². The molecule has 0 aliphatic heterocycles. The summed E-state index contributed by atoms with van der Waals surface area (Å²) in [6.07, 6.45) is 1.77. The average Bonchev–Trinajstić information content (AvgIpc) is 2.68. The molecule has 20 heavy (non-hydrogen) atoms. The summed E-state index contributed by atoms with van der Waals surface area (Å²) < 4.78 is 28.0. The first-order valence-electron chi connectivity index (χ1n) is 6.01. The van der Waals surface area contributed by atoms with Crippen LogP contribution in [-0.2, 0) is 10.0 Å². The molecule has 5 N–H and O–H groups in total. The summed E-state index contributed by atoms with van der Waals surface area (Å²) in [4.78, 5) is 11.2. The van der Waals surface area contributed by atoms with E-state index >= 15 is 0 Å². The largest absolute Gasteiger partial charge is 0.382 e. The lowest BCUT2D eigenvalue weighted by Crippen LogP contribution is -2.31. The van der Waals surface area contributed by atoms with Gasteiger partial charge in [-0.05, 0) is 18.0 Å². The van der Waals surface area contributed by atoms with Crippen LogP contribution in [0, 0.1) is 0 Å². The van der Waals surface area contributed by atoms with E-state index in [2.05, 4.69) is 9.69 Å². The third-order valence-electron chi connectivity index (χ3n) is 2.66. The van der Waals surface area contributed by atoms with E-state index in [0.717, 1.165) is 11.5 Å². The minimum Gasteiger partial charge on any atom is -0.382 e. The van der Waals surface area contributed by atoms with E-state index in [1.165, 1.54) is 10.6 Å². The van der Waals surface area contributed by atoms with Gasteiger partial charge in [-0.2, -0.15) is 4.37 Å². The number of nitrogens with zero attached hydrogens (tertiary/aromatic N) is 2. The van der Waals surface area contributed by atoms with Gasteiger partial charge in [0.1, 0.15) is 10.6 Å². The van der Waals surface area contributed by atoms with E-state index in [0.29, 0.717) is 31.1 Å². The van der Waals surface area contributed by atoms with Gasteiger partial charge >= 0.3 is 0 Å². The number of anilines is 2. The zero-order chi connectivity index (χ0) is 15.3. The van der Waals surface area contributed by atoms with Crippen LogP contribution in [0.2, 0.25) is 0 Å². The van der Waals surface area contributed by atoms with Crippen LogP contribution in [0.3, 0.4) is 0 Å². The van der Waals surface area contributed by atoms with E-state index in [4.69, 9.17) is 11.5 Å². The topological polar surface area (TPSA) is 131 Å². The second kappa shape index (κ2) is 6.86. The van der Waals surface area contributed by atoms with Gasteiger partial charge in [-0.1, -0.05) is 6.92 Å². The first-order chi connectivity index (χ1) is 9.27. The van der Waals surface area contributed by atoms with E-state index in [1.807, 2.05) is 0 Å². The molecule has 1 rings (SSSR count). The maximum atomic E-state index is 11.4. The molecular formula is C10H19N5O3S2. The smallest absolute Gasteiger partial charge is 0.255 e. The molecule has 114 valence electrons. The van der Waals surface area contributed by atoms with Crippen LogP contribution >= 0.6 is 11.5 Å². The molecule has 0 spiro atoms. The third-order valence-corrected chi connectivity index (χ3v) is 4.85. The Balaban J connectivity index is 2.52. The summed E-state index contributed by atoms with van der Waals surface area (Å²) in [5.41, 5.74) is 10.9. The number of hydrogen-bond donors (Lipinski definition) is 3. The molecule has 0 aromatic carbocycles. The number of carbonyl (C=O) groups is 1. The number of nitrogen functional groups attached to an aromatic ring is 1. The molecule has 0 atom stereocenters. The number of hydrogen-bond acceptors (Lipinski definition) is 7. The predicted octanol–water partition coefficient (Wildman–Crippen LogP) is -0.0923. The summed E-state index contributed by atoms with van der Waals surface area (Å²) in [6, 6.07) is 0. The van der Waals surface area contributed by atoms with E-state index < -0.39 is 15.9 Å². The van der Waals surface area contributed by atoms with Crippen molar-refractivity contribution in [1.82, 2.24) is 8.68 Å². The molecule has 0 fully saturated rings. The SMILES string of the molecule is CCN(CCCNc1snc(N)c1C(N)=O)S(C)(=O)=O. The van der Waals surface area contributed by atoms with Gasteiger partial charge in [0.25, 0.3) is 5.91 Å². The lowest BCUT2D eigenvalue weighted by atomic mass is 10.3. The fourth-order valence-electron chi connectivity index (χ4n) is 1.68. The molecule has 0 saturated heterocycles. The highest BCUT2D eigenvalue weighted by Crippen LogP contribution is 2.25. The second-order valence-electron chi connectivity index (χ2n) is 4.17. The Hall–Kier alpha value is -1.39. The number of rotatable bonds is 8. The monoisotopic (exact) mass is 321 g/mol. The zero-order valence-corrected chi connectivity index (χ0v) is 13.1. The highest BCUT2D eigenvalue weighted by molar-refractivity contribution is 7.88. The molecule has 1 heterocycles. The Morgan fingerprint density at radius 2 is 2.15 bits per heavy atom. The zero-order valence-electron chi connectivity index (χ0n) is 11.4. The van der Waals surface area contributed by atoms with Gasteiger partial charge in [-0.15, -0.1) is 0 Å². The van der Waals surface area contributed by atoms with Gasteiger partial charge in [0.15, 0.2) is 5.82 Å². The Morgan fingerprint density at radius 1 is 1.50 bits per heavy atom. The second-order valence-corrected chi connectivity index (χ2v) is 6.93. The van der Waals surface area contributed by atoms with Crippen LogP contribution in [-0.4, -0.2) is 48.9 Å². The Morgan fingerprint density at radius 3 is 2.65 bits per heavy atom. The molecule has 0 radical (unpaired) electrons. The van der Waals surface area contributed by atoms with Gasteiger partial charge < -0.3 is 16.8 Å². The Kier molecular flexibility index (Phi) is 5.72. The van der Waals surface area contributed by atoms with Crippen molar-refractivity contribution >= 4 is 38.3 Å². The fraction of sp³-hybridized carbons (Fsp3) is 0.600. The highest BCUT2D eigenvalue weighted by Gasteiger charge is 2.17. The molecule has 1 amide bonds. The van der Waals surface area contributed by atoms with Crippen molar-refractivity contribution in [2.24, 2.45) is 5.73 Å². The van der Waals surface area contributed by atoms with Gasteiger partial charge in [0, 0.05) is 19.6 Å². The lowest BCUT2D eigenvalue weighted by Gasteiger charge is -2.17. The van der Waals surface area contributed by atoms with Crippen molar-refractivity contribution in [1.29, 1.82) is 0 Å². The highest BCUT2D eigenvalue weighted by atomic mass is 32.2. The number of primary amides is 1. The Labute approximate surface area is 122 Å². The molecule has 1 aromatic rings. The summed E-state index contributed by atoms with van der Waals surface area (Å²) in [5, 5.41) is 3.51. The van der Waals surface area contributed by atoms with E-state index in [9.17, 15) is 13.2 Å². The number of aromatic nitrogens is 1. The maximum absolute atomic E-state index is 11.4. The van der Waals surface area contributed by atoms with Crippen molar-refractivity contribution in [3.05, 3.63) is 5.56 Å². The summed E-state index contributed by atoms with van der Waals surface area (Å²) in [5.74, 6) is -0.526. The number of nitrogens with two attached hydrogens (primary N) is 2. The molecule has 1 aromatic heterocycles. The minimum absolute atomic E-state index is 0.108. The van der Waals surface area contributed by atoms with Crippen LogP contribution in [0.4, 0.5) is 10.8 Å². The molecule has 8 nitrogen and oxygen atoms in total. The molecular weight excluding hydrogens is 302 g/mol. The standard InChI is InChI=1S/C10H19N5O3S2/c1-3-15(20(2,17)18)6-4-5-13-10-7(9(12)16)8(11)14-19-10/h13H,3-6H2,1-2H3,(H2,11,14)(H2,12,16).